The molecule has 2 amide bonds. The maximum absolute atomic E-state index is 12.1. The van der Waals surface area contributed by atoms with Crippen molar-refractivity contribution in [3.8, 4) is 0 Å². The second-order valence-corrected chi connectivity index (χ2v) is 6.58. The number of nitrogens with two attached hydrogens (primary N) is 1. The molecule has 1 aromatic rings. The van der Waals surface area contributed by atoms with E-state index in [2.05, 4.69) is 15.9 Å². The average Bonchev–Trinajstić information content (AvgIpc) is 2.54. The maximum Gasteiger partial charge on any atom is 0.340 e. The first-order valence-corrected chi connectivity index (χ1v) is 8.25. The number of carbonyl (C=O) groups excluding carboxylic acids is 3. The first-order chi connectivity index (χ1) is 10.9. The van der Waals surface area contributed by atoms with Crippen LogP contribution in [0.25, 0.3) is 0 Å². The molecule has 2 rings (SSSR count). The lowest BCUT2D eigenvalue weighted by molar-refractivity contribution is -0.137. The average molecular weight is 404 g/mol. The van der Waals surface area contributed by atoms with Crippen molar-refractivity contribution >= 4 is 45.3 Å². The molecule has 0 atom stereocenters. The van der Waals surface area contributed by atoms with Gasteiger partial charge < -0.3 is 15.4 Å². The van der Waals surface area contributed by atoms with Crippen LogP contribution < -0.4 is 5.73 Å². The van der Waals surface area contributed by atoms with Crippen molar-refractivity contribution in [2.45, 2.75) is 12.8 Å². The van der Waals surface area contributed by atoms with E-state index < -0.39 is 5.97 Å². The second kappa shape index (κ2) is 7.79. The van der Waals surface area contributed by atoms with Gasteiger partial charge in [-0.05, 0) is 31.0 Å². The Kier molecular flexibility index (Phi) is 6.01. The van der Waals surface area contributed by atoms with Crippen LogP contribution in [0.3, 0.4) is 0 Å². The minimum Gasteiger partial charge on any atom is -0.452 e. The number of esters is 1. The van der Waals surface area contributed by atoms with E-state index in [1.807, 2.05) is 0 Å². The van der Waals surface area contributed by atoms with E-state index in [-0.39, 0.29) is 34.9 Å². The molecule has 2 N–H and O–H groups in total. The van der Waals surface area contributed by atoms with Gasteiger partial charge in [0.1, 0.15) is 0 Å². The first kappa shape index (κ1) is 17.7. The van der Waals surface area contributed by atoms with Crippen LogP contribution in [-0.2, 0) is 14.3 Å². The molecule has 23 heavy (non-hydrogen) atoms. The Labute approximate surface area is 147 Å². The number of benzene rings is 1. The number of primary amides is 1. The number of nitrogens with zero attached hydrogens (tertiary/aromatic N) is 1. The van der Waals surface area contributed by atoms with Gasteiger partial charge in [-0.15, -0.1) is 0 Å². The van der Waals surface area contributed by atoms with Gasteiger partial charge in [-0.25, -0.2) is 4.79 Å². The monoisotopic (exact) mass is 402 g/mol. The number of carbonyl (C=O) groups is 3. The number of rotatable bonds is 4. The smallest absolute Gasteiger partial charge is 0.340 e. The number of hydrogen-bond acceptors (Lipinski definition) is 4. The number of hydrogen-bond donors (Lipinski definition) is 1. The Morgan fingerprint density at radius 1 is 1.30 bits per heavy atom. The zero-order chi connectivity index (χ0) is 17.0. The normalized spacial score (nSPS) is 15.3. The standard InChI is InChI=1S/C15H16BrClN2O4/c16-10-1-2-12(17)11(7-10)15(22)23-8-13(20)19-5-3-9(4-6-19)14(18)21/h1-2,7,9H,3-6,8H2,(H2,18,21). The molecular formula is C15H16BrClN2O4. The van der Waals surface area contributed by atoms with Crippen molar-refractivity contribution in [1.29, 1.82) is 0 Å². The zero-order valence-corrected chi connectivity index (χ0v) is 14.6. The van der Waals surface area contributed by atoms with E-state index in [4.69, 9.17) is 22.1 Å². The van der Waals surface area contributed by atoms with Crippen LogP contribution in [0.4, 0.5) is 0 Å². The molecule has 124 valence electrons. The fourth-order valence-corrected chi connectivity index (χ4v) is 2.92. The molecule has 0 saturated carbocycles. The Hall–Kier alpha value is -1.60. The van der Waals surface area contributed by atoms with Gasteiger partial charge in [0.05, 0.1) is 10.6 Å². The number of halogens is 2. The lowest BCUT2D eigenvalue weighted by Crippen LogP contribution is -2.43. The second-order valence-electron chi connectivity index (χ2n) is 5.26. The van der Waals surface area contributed by atoms with Crippen LogP contribution in [0.15, 0.2) is 22.7 Å². The van der Waals surface area contributed by atoms with Crippen LogP contribution >= 0.6 is 27.5 Å². The predicted molar refractivity (Wildman–Crippen MR) is 87.9 cm³/mol. The lowest BCUT2D eigenvalue weighted by Gasteiger charge is -2.30. The van der Waals surface area contributed by atoms with Crippen LogP contribution in [0.2, 0.25) is 5.02 Å². The molecule has 0 aliphatic carbocycles. The summed E-state index contributed by atoms with van der Waals surface area (Å²) >= 11 is 9.19. The van der Waals surface area contributed by atoms with Crippen LogP contribution in [0.5, 0.6) is 0 Å². The van der Waals surface area contributed by atoms with Crippen LogP contribution in [0.1, 0.15) is 23.2 Å². The summed E-state index contributed by atoms with van der Waals surface area (Å²) in [6.07, 6.45) is 1.07. The summed E-state index contributed by atoms with van der Waals surface area (Å²) in [6, 6.07) is 4.80. The van der Waals surface area contributed by atoms with Crippen molar-refractivity contribution in [3.05, 3.63) is 33.3 Å². The minimum absolute atomic E-state index is 0.193. The molecule has 0 aromatic heterocycles. The molecule has 8 heteroatoms. The molecule has 1 aliphatic heterocycles. The summed E-state index contributed by atoms with van der Waals surface area (Å²) < 4.78 is 5.71. The SMILES string of the molecule is NC(=O)C1CCN(C(=O)COC(=O)c2cc(Br)ccc2Cl)CC1. The van der Waals surface area contributed by atoms with Crippen molar-refractivity contribution in [2.75, 3.05) is 19.7 Å². The topological polar surface area (TPSA) is 89.7 Å². The Balaban J connectivity index is 1.86. The maximum atomic E-state index is 12.1. The summed E-state index contributed by atoms with van der Waals surface area (Å²) in [7, 11) is 0. The Morgan fingerprint density at radius 2 is 1.96 bits per heavy atom. The molecule has 0 unspecified atom stereocenters. The Bertz CT molecular complexity index is 630. The third kappa shape index (κ3) is 4.68. The van der Waals surface area contributed by atoms with Crippen molar-refractivity contribution in [1.82, 2.24) is 4.90 Å². The van der Waals surface area contributed by atoms with Gasteiger partial charge in [-0.1, -0.05) is 27.5 Å². The van der Waals surface area contributed by atoms with Crippen LogP contribution in [0, 0.1) is 5.92 Å². The molecule has 1 heterocycles. The Morgan fingerprint density at radius 3 is 2.57 bits per heavy atom. The molecule has 1 saturated heterocycles. The number of amides is 2. The van der Waals surface area contributed by atoms with Crippen LogP contribution in [-0.4, -0.2) is 42.4 Å². The number of piperidine rings is 1. The van der Waals surface area contributed by atoms with E-state index in [9.17, 15) is 14.4 Å². The van der Waals surface area contributed by atoms with Gasteiger partial charge in [-0.3, -0.25) is 9.59 Å². The fraction of sp³-hybridized carbons (Fsp3) is 0.400. The highest BCUT2D eigenvalue weighted by Crippen LogP contribution is 2.22. The van der Waals surface area contributed by atoms with E-state index in [0.717, 1.165) is 0 Å². The van der Waals surface area contributed by atoms with E-state index >= 15 is 0 Å². The highest BCUT2D eigenvalue weighted by atomic mass is 79.9. The highest BCUT2D eigenvalue weighted by molar-refractivity contribution is 9.10. The molecule has 0 spiro atoms. The zero-order valence-electron chi connectivity index (χ0n) is 12.3. The van der Waals surface area contributed by atoms with Crippen molar-refractivity contribution in [3.63, 3.8) is 0 Å². The van der Waals surface area contributed by atoms with Gasteiger partial charge in [0.2, 0.25) is 5.91 Å². The van der Waals surface area contributed by atoms with Gasteiger partial charge >= 0.3 is 5.97 Å². The third-order valence-electron chi connectivity index (χ3n) is 3.73. The molecular weight excluding hydrogens is 388 g/mol. The fourth-order valence-electron chi connectivity index (χ4n) is 2.36. The minimum atomic E-state index is -0.656. The highest BCUT2D eigenvalue weighted by Gasteiger charge is 2.26. The summed E-state index contributed by atoms with van der Waals surface area (Å²) in [6.45, 7) is 0.506. The lowest BCUT2D eigenvalue weighted by atomic mass is 9.96. The van der Waals surface area contributed by atoms with E-state index in [1.165, 1.54) is 6.07 Å². The molecule has 0 radical (unpaired) electrons. The molecule has 1 fully saturated rings. The van der Waals surface area contributed by atoms with Gasteiger partial charge in [0.15, 0.2) is 6.61 Å². The van der Waals surface area contributed by atoms with Gasteiger partial charge in [0.25, 0.3) is 5.91 Å². The number of ether oxygens (including phenoxy) is 1. The molecule has 0 bridgehead atoms. The van der Waals surface area contributed by atoms with Crippen molar-refractivity contribution in [2.24, 2.45) is 11.7 Å². The van der Waals surface area contributed by atoms with E-state index in [1.54, 1.807) is 17.0 Å². The van der Waals surface area contributed by atoms with Gasteiger partial charge in [-0.2, -0.15) is 0 Å². The third-order valence-corrected chi connectivity index (χ3v) is 4.55. The molecule has 1 aliphatic rings. The first-order valence-electron chi connectivity index (χ1n) is 7.07. The summed E-state index contributed by atoms with van der Waals surface area (Å²) in [5.74, 6) is -1.49. The summed E-state index contributed by atoms with van der Waals surface area (Å²) in [4.78, 5) is 36.7. The largest absolute Gasteiger partial charge is 0.452 e. The van der Waals surface area contributed by atoms with E-state index in [0.29, 0.717) is 30.4 Å². The summed E-state index contributed by atoms with van der Waals surface area (Å²) in [5.41, 5.74) is 5.45. The summed E-state index contributed by atoms with van der Waals surface area (Å²) in [5, 5.41) is 0.257. The van der Waals surface area contributed by atoms with Gasteiger partial charge in [0, 0.05) is 23.5 Å². The quantitative estimate of drug-likeness (QED) is 0.779. The van der Waals surface area contributed by atoms with Crippen molar-refractivity contribution < 1.29 is 19.1 Å². The molecule has 6 nitrogen and oxygen atoms in total. The molecule has 1 aromatic carbocycles. The number of likely N-dealkylation sites (tertiary alicyclic amines) is 1. The predicted octanol–water partition coefficient (Wildman–Crippen LogP) is 1.98.